The fourth-order valence-corrected chi connectivity index (χ4v) is 3.10. The van der Waals surface area contributed by atoms with Crippen LogP contribution >= 0.6 is 15.9 Å². The van der Waals surface area contributed by atoms with E-state index in [1.807, 2.05) is 0 Å². The van der Waals surface area contributed by atoms with Crippen LogP contribution in [0.2, 0.25) is 0 Å². The number of likely N-dealkylation sites (tertiary alicyclic amines) is 1. The van der Waals surface area contributed by atoms with Crippen LogP contribution in [0.5, 0.6) is 0 Å². The second-order valence-electron chi connectivity index (χ2n) is 5.70. The number of nitrogens with two attached hydrogens (primary N) is 1. The Morgan fingerprint density at radius 1 is 1.54 bits per heavy atom. The smallest absolute Gasteiger partial charge is 0.243 e. The Labute approximate surface area is 147 Å². The highest BCUT2D eigenvalue weighted by Crippen LogP contribution is 2.19. The predicted octanol–water partition coefficient (Wildman–Crippen LogP) is -0.662. The number of nitrogens with zero attached hydrogens (tertiary/aromatic N) is 2. The van der Waals surface area contributed by atoms with E-state index in [2.05, 4.69) is 26.2 Å². The average molecular weight is 399 g/mol. The van der Waals surface area contributed by atoms with Gasteiger partial charge in [-0.2, -0.15) is 0 Å². The highest BCUT2D eigenvalue weighted by atomic mass is 79.9. The molecular formula is C15H19BrN4O4. The Kier molecular flexibility index (Phi) is 5.89. The average Bonchev–Trinajstić information content (AvgIpc) is 2.91. The molecule has 0 spiro atoms. The summed E-state index contributed by atoms with van der Waals surface area (Å²) >= 11 is 3.28. The number of carbonyl (C=O) groups excluding carboxylic acids is 3. The van der Waals surface area contributed by atoms with Crippen molar-refractivity contribution in [3.05, 3.63) is 28.5 Å². The number of nitrogens with one attached hydrogen (secondary N) is 1. The molecule has 3 atom stereocenters. The maximum absolute atomic E-state index is 12.4. The molecule has 1 aliphatic heterocycles. The number of carbonyl (C=O) groups is 3. The Hall–Kier alpha value is -2.00. The van der Waals surface area contributed by atoms with E-state index in [9.17, 15) is 19.5 Å². The first kappa shape index (κ1) is 18.3. The van der Waals surface area contributed by atoms with Gasteiger partial charge < -0.3 is 21.1 Å². The molecule has 0 unspecified atom stereocenters. The summed E-state index contributed by atoms with van der Waals surface area (Å²) in [5.74, 6) is -1.50. The van der Waals surface area contributed by atoms with Gasteiger partial charge in [0.1, 0.15) is 16.7 Å². The van der Waals surface area contributed by atoms with Gasteiger partial charge in [0, 0.05) is 32.5 Å². The summed E-state index contributed by atoms with van der Waals surface area (Å²) in [5, 5.41) is 12.3. The van der Waals surface area contributed by atoms with Crippen molar-refractivity contribution in [2.45, 2.75) is 38.0 Å². The van der Waals surface area contributed by atoms with Crippen LogP contribution in [0.1, 0.15) is 18.9 Å². The van der Waals surface area contributed by atoms with Crippen LogP contribution in [0.15, 0.2) is 22.9 Å². The van der Waals surface area contributed by atoms with Gasteiger partial charge in [-0.3, -0.25) is 14.4 Å². The van der Waals surface area contributed by atoms with Crippen molar-refractivity contribution in [2.24, 2.45) is 5.73 Å². The molecule has 0 bridgehead atoms. The lowest BCUT2D eigenvalue weighted by molar-refractivity contribution is -0.138. The van der Waals surface area contributed by atoms with Crippen molar-refractivity contribution in [2.75, 3.05) is 6.54 Å². The molecule has 2 rings (SSSR count). The van der Waals surface area contributed by atoms with Gasteiger partial charge in [0.25, 0.3) is 0 Å². The molecule has 0 aromatic carbocycles. The summed E-state index contributed by atoms with van der Waals surface area (Å²) in [6.45, 7) is 1.43. The van der Waals surface area contributed by atoms with Crippen molar-refractivity contribution in [3.63, 3.8) is 0 Å². The van der Waals surface area contributed by atoms with Gasteiger partial charge in [-0.25, -0.2) is 4.98 Å². The van der Waals surface area contributed by atoms with Crippen molar-refractivity contribution in [1.82, 2.24) is 15.2 Å². The fraction of sp³-hybridized carbons (Fsp3) is 0.467. The van der Waals surface area contributed by atoms with Gasteiger partial charge in [-0.05, 0) is 27.6 Å². The first-order valence-corrected chi connectivity index (χ1v) is 8.23. The van der Waals surface area contributed by atoms with E-state index < -0.39 is 30.0 Å². The Balaban J connectivity index is 2.10. The van der Waals surface area contributed by atoms with E-state index >= 15 is 0 Å². The number of halogens is 1. The Morgan fingerprint density at radius 2 is 2.25 bits per heavy atom. The van der Waals surface area contributed by atoms with Gasteiger partial charge >= 0.3 is 0 Å². The molecule has 2 heterocycles. The summed E-state index contributed by atoms with van der Waals surface area (Å²) < 4.78 is 0.562. The summed E-state index contributed by atoms with van der Waals surface area (Å²) in [6, 6.07) is 1.73. The number of pyridine rings is 1. The summed E-state index contributed by atoms with van der Waals surface area (Å²) in [5.41, 5.74) is 6.10. The second kappa shape index (κ2) is 7.71. The topological polar surface area (TPSA) is 126 Å². The first-order valence-electron chi connectivity index (χ1n) is 7.44. The second-order valence-corrected chi connectivity index (χ2v) is 6.45. The summed E-state index contributed by atoms with van der Waals surface area (Å²) in [6.07, 6.45) is 1.14. The molecule has 1 fully saturated rings. The van der Waals surface area contributed by atoms with E-state index in [0.29, 0.717) is 4.60 Å². The number of primary amides is 1. The van der Waals surface area contributed by atoms with Crippen LogP contribution in [0.4, 0.5) is 0 Å². The molecule has 130 valence electrons. The molecule has 9 heteroatoms. The molecule has 3 amide bonds. The minimum Gasteiger partial charge on any atom is -0.391 e. The highest BCUT2D eigenvalue weighted by molar-refractivity contribution is 9.10. The Morgan fingerprint density at radius 3 is 2.83 bits per heavy atom. The minimum atomic E-state index is -0.940. The zero-order valence-electron chi connectivity index (χ0n) is 13.1. The van der Waals surface area contributed by atoms with Crippen LogP contribution in [-0.2, 0) is 20.8 Å². The predicted molar refractivity (Wildman–Crippen MR) is 88.6 cm³/mol. The normalized spacial score (nSPS) is 21.4. The molecule has 8 nitrogen and oxygen atoms in total. The van der Waals surface area contributed by atoms with Crippen molar-refractivity contribution in [1.29, 1.82) is 0 Å². The number of hydrogen-bond donors (Lipinski definition) is 3. The van der Waals surface area contributed by atoms with Crippen molar-refractivity contribution >= 4 is 33.7 Å². The molecule has 1 aromatic heterocycles. The number of aromatic nitrogens is 1. The number of amides is 3. The number of aliphatic hydroxyl groups is 1. The quantitative estimate of drug-likeness (QED) is 0.567. The molecule has 24 heavy (non-hydrogen) atoms. The highest BCUT2D eigenvalue weighted by Gasteiger charge is 2.38. The molecule has 1 aromatic rings. The largest absolute Gasteiger partial charge is 0.391 e. The lowest BCUT2D eigenvalue weighted by Gasteiger charge is -2.24. The fourth-order valence-electron chi connectivity index (χ4n) is 2.69. The number of rotatable bonds is 5. The van der Waals surface area contributed by atoms with Crippen molar-refractivity contribution in [3.8, 4) is 0 Å². The van der Waals surface area contributed by atoms with E-state index in [4.69, 9.17) is 5.73 Å². The molecule has 1 saturated heterocycles. The van der Waals surface area contributed by atoms with Gasteiger partial charge in [0.05, 0.1) is 6.10 Å². The maximum atomic E-state index is 12.4. The van der Waals surface area contributed by atoms with Gasteiger partial charge in [0.2, 0.25) is 17.7 Å². The van der Waals surface area contributed by atoms with E-state index in [-0.39, 0.29) is 25.3 Å². The maximum Gasteiger partial charge on any atom is 0.243 e. The molecule has 0 saturated carbocycles. The van der Waals surface area contributed by atoms with E-state index in [1.165, 1.54) is 11.8 Å². The minimum absolute atomic E-state index is 0.100. The van der Waals surface area contributed by atoms with Crippen molar-refractivity contribution < 1.29 is 19.5 Å². The SMILES string of the molecule is CC(=O)N1C[C@H](O)C[C@H]1C(=O)N[C@@H](Cc1cccnc1Br)C(N)=O. The number of β-amino-alcohol motifs (C(OH)–C–C–N with tert-alkyl or cyclic N) is 1. The van der Waals surface area contributed by atoms with Crippen LogP contribution in [0.25, 0.3) is 0 Å². The first-order chi connectivity index (χ1) is 11.3. The standard InChI is InChI=1S/C15H19BrN4O4/c1-8(21)20-7-10(22)6-12(20)15(24)19-11(14(17)23)5-9-3-2-4-18-13(9)16/h2-4,10-12,22H,5-7H2,1H3,(H2,17,23)(H,19,24)/t10-,11+,12+/m1/s1. The molecule has 0 aliphatic carbocycles. The molecule has 4 N–H and O–H groups in total. The lowest BCUT2D eigenvalue weighted by atomic mass is 10.1. The zero-order chi connectivity index (χ0) is 17.9. The lowest BCUT2D eigenvalue weighted by Crippen LogP contribution is -2.52. The van der Waals surface area contributed by atoms with Gasteiger partial charge in [0.15, 0.2) is 0 Å². The molecule has 0 radical (unpaired) electrons. The van der Waals surface area contributed by atoms with Gasteiger partial charge in [-0.15, -0.1) is 0 Å². The number of hydrogen-bond acceptors (Lipinski definition) is 5. The molecular weight excluding hydrogens is 380 g/mol. The van der Waals surface area contributed by atoms with Crippen LogP contribution in [0, 0.1) is 0 Å². The van der Waals surface area contributed by atoms with E-state index in [1.54, 1.807) is 18.3 Å². The summed E-state index contributed by atoms with van der Waals surface area (Å²) in [7, 11) is 0. The molecule has 1 aliphatic rings. The third-order valence-electron chi connectivity index (χ3n) is 3.91. The third kappa shape index (κ3) is 4.30. The van der Waals surface area contributed by atoms with Crippen LogP contribution in [0.3, 0.4) is 0 Å². The van der Waals surface area contributed by atoms with Crippen LogP contribution < -0.4 is 11.1 Å². The number of aliphatic hydroxyl groups excluding tert-OH is 1. The monoisotopic (exact) mass is 398 g/mol. The van der Waals surface area contributed by atoms with E-state index in [0.717, 1.165) is 5.56 Å². The van der Waals surface area contributed by atoms with Gasteiger partial charge in [-0.1, -0.05) is 6.07 Å². The zero-order valence-corrected chi connectivity index (χ0v) is 14.7. The van der Waals surface area contributed by atoms with Crippen LogP contribution in [-0.4, -0.2) is 57.4 Å². The summed E-state index contributed by atoms with van der Waals surface area (Å²) in [4.78, 5) is 41.1. The third-order valence-corrected chi connectivity index (χ3v) is 4.62. The Bertz CT molecular complexity index is 654.